The van der Waals surface area contributed by atoms with Gasteiger partial charge in [0, 0.05) is 0 Å². The number of unbranched alkanes of at least 4 members (excludes halogenated alkanes) is 19. The minimum absolute atomic E-state index is 1.15. The molecule has 0 bridgehead atoms. The standard InChI is InChI=1S/C14H28.C14H30/c1-2-3-4-5-6-7-8-9-10-11-14-12-13-14;1-3-5-7-9-11-13-14-12-10-8-6-4-2/h14H,2-13H2,1H3;3-14H2,1-2H3. The van der Waals surface area contributed by atoms with E-state index in [1.807, 2.05) is 0 Å². The normalized spacial score (nSPS) is 13.4. The summed E-state index contributed by atoms with van der Waals surface area (Å²) in [6.45, 7) is 6.86. The Morgan fingerprint density at radius 3 is 0.857 bits per heavy atom. The van der Waals surface area contributed by atoms with Crippen LogP contribution in [0.1, 0.15) is 175 Å². The predicted molar refractivity (Wildman–Crippen MR) is 131 cm³/mol. The quantitative estimate of drug-likeness (QED) is 0.170. The SMILES string of the molecule is CCCCCCCCCCCC1CC1.CCCCCCCCCCCCCC. The Morgan fingerprint density at radius 2 is 0.607 bits per heavy atom. The van der Waals surface area contributed by atoms with Gasteiger partial charge in [-0.15, -0.1) is 0 Å². The predicted octanol–water partition coefficient (Wildman–Crippen LogP) is 11.0. The monoisotopic (exact) mass is 394 g/mol. The van der Waals surface area contributed by atoms with E-state index < -0.39 is 0 Å². The summed E-state index contributed by atoms with van der Waals surface area (Å²) in [7, 11) is 0. The molecule has 1 rings (SSSR count). The Balaban J connectivity index is 0.000000521. The summed E-state index contributed by atoms with van der Waals surface area (Å²) in [6.07, 6.45) is 35.3. The van der Waals surface area contributed by atoms with Crippen LogP contribution in [0.15, 0.2) is 0 Å². The Bertz CT molecular complexity index is 241. The maximum absolute atomic E-state index is 2.29. The second-order valence-electron chi connectivity index (χ2n) is 9.60. The first-order valence-corrected chi connectivity index (χ1v) is 13.8. The molecule has 1 aliphatic rings. The van der Waals surface area contributed by atoms with Gasteiger partial charge in [-0.1, -0.05) is 175 Å². The molecular weight excluding hydrogens is 336 g/mol. The maximum atomic E-state index is 2.29. The molecule has 0 radical (unpaired) electrons. The molecular formula is C28H58. The largest absolute Gasteiger partial charge is 0.0654 e. The lowest BCUT2D eigenvalue weighted by Crippen LogP contribution is -1.82. The third-order valence-corrected chi connectivity index (χ3v) is 6.37. The molecule has 0 nitrogen and oxygen atoms in total. The number of hydrogen-bond donors (Lipinski definition) is 0. The molecule has 0 atom stereocenters. The third kappa shape index (κ3) is 26.0. The van der Waals surface area contributed by atoms with Crippen LogP contribution in [0.5, 0.6) is 0 Å². The van der Waals surface area contributed by atoms with Crippen molar-refractivity contribution in [3.05, 3.63) is 0 Å². The summed E-state index contributed by atoms with van der Waals surface area (Å²) in [6, 6.07) is 0. The zero-order valence-electron chi connectivity index (χ0n) is 20.5. The molecule has 0 aromatic rings. The summed E-state index contributed by atoms with van der Waals surface area (Å²) in [4.78, 5) is 0. The second kappa shape index (κ2) is 25.0. The Hall–Kier alpha value is 0. The number of rotatable bonds is 21. The van der Waals surface area contributed by atoms with Crippen molar-refractivity contribution in [1.82, 2.24) is 0 Å². The van der Waals surface area contributed by atoms with E-state index in [1.54, 1.807) is 0 Å². The molecule has 0 aromatic heterocycles. The van der Waals surface area contributed by atoms with Crippen molar-refractivity contribution >= 4 is 0 Å². The summed E-state index contributed by atoms with van der Waals surface area (Å²) in [5.41, 5.74) is 0. The van der Waals surface area contributed by atoms with E-state index in [-0.39, 0.29) is 0 Å². The fourth-order valence-corrected chi connectivity index (χ4v) is 4.06. The lowest BCUT2D eigenvalue weighted by molar-refractivity contribution is 0.545. The molecule has 0 heterocycles. The van der Waals surface area contributed by atoms with Gasteiger partial charge < -0.3 is 0 Å². The molecule has 0 saturated heterocycles. The van der Waals surface area contributed by atoms with Crippen molar-refractivity contribution < 1.29 is 0 Å². The van der Waals surface area contributed by atoms with Crippen LogP contribution in [0.2, 0.25) is 0 Å². The first kappa shape index (κ1) is 28.0. The average Bonchev–Trinajstić information content (AvgIpc) is 3.53. The van der Waals surface area contributed by atoms with Crippen molar-refractivity contribution in [2.75, 3.05) is 0 Å². The van der Waals surface area contributed by atoms with Gasteiger partial charge in [0.25, 0.3) is 0 Å². The van der Waals surface area contributed by atoms with E-state index in [1.165, 1.54) is 154 Å². The van der Waals surface area contributed by atoms with Gasteiger partial charge in [0.05, 0.1) is 0 Å². The molecule has 1 saturated carbocycles. The van der Waals surface area contributed by atoms with Crippen LogP contribution in [0, 0.1) is 5.92 Å². The van der Waals surface area contributed by atoms with Gasteiger partial charge in [-0.05, 0) is 5.92 Å². The van der Waals surface area contributed by atoms with Crippen LogP contribution in [-0.2, 0) is 0 Å². The third-order valence-electron chi connectivity index (χ3n) is 6.37. The van der Waals surface area contributed by atoms with Crippen LogP contribution in [-0.4, -0.2) is 0 Å². The first-order valence-electron chi connectivity index (χ1n) is 13.8. The van der Waals surface area contributed by atoms with Crippen molar-refractivity contribution in [2.45, 2.75) is 175 Å². The van der Waals surface area contributed by atoms with Gasteiger partial charge in [-0.2, -0.15) is 0 Å². The van der Waals surface area contributed by atoms with Crippen molar-refractivity contribution in [2.24, 2.45) is 5.92 Å². The number of hydrogen-bond acceptors (Lipinski definition) is 0. The van der Waals surface area contributed by atoms with Gasteiger partial charge in [0.15, 0.2) is 0 Å². The summed E-state index contributed by atoms with van der Waals surface area (Å²) < 4.78 is 0. The average molecular weight is 395 g/mol. The molecule has 0 N–H and O–H groups in total. The van der Waals surface area contributed by atoms with E-state index in [2.05, 4.69) is 20.8 Å². The molecule has 1 aliphatic carbocycles. The van der Waals surface area contributed by atoms with Gasteiger partial charge in [0.1, 0.15) is 0 Å². The molecule has 1 fully saturated rings. The molecule has 0 unspecified atom stereocenters. The Morgan fingerprint density at radius 1 is 0.357 bits per heavy atom. The highest BCUT2D eigenvalue weighted by atomic mass is 14.3. The van der Waals surface area contributed by atoms with Crippen molar-refractivity contribution in [1.29, 1.82) is 0 Å². The zero-order valence-corrected chi connectivity index (χ0v) is 20.5. The van der Waals surface area contributed by atoms with E-state index in [0.29, 0.717) is 0 Å². The van der Waals surface area contributed by atoms with Gasteiger partial charge in [-0.3, -0.25) is 0 Å². The summed E-state index contributed by atoms with van der Waals surface area (Å²) in [5.74, 6) is 1.15. The van der Waals surface area contributed by atoms with E-state index in [9.17, 15) is 0 Å². The van der Waals surface area contributed by atoms with Crippen LogP contribution in [0.25, 0.3) is 0 Å². The summed E-state index contributed by atoms with van der Waals surface area (Å²) in [5, 5.41) is 0. The highest BCUT2D eigenvalue weighted by Gasteiger charge is 2.19. The zero-order chi connectivity index (χ0) is 20.5. The molecule has 0 heteroatoms. The Labute approximate surface area is 181 Å². The maximum Gasteiger partial charge on any atom is -0.0414 e. The van der Waals surface area contributed by atoms with Crippen LogP contribution in [0.4, 0.5) is 0 Å². The van der Waals surface area contributed by atoms with Crippen LogP contribution >= 0.6 is 0 Å². The molecule has 0 amide bonds. The summed E-state index contributed by atoms with van der Waals surface area (Å²) >= 11 is 0. The van der Waals surface area contributed by atoms with Gasteiger partial charge >= 0.3 is 0 Å². The van der Waals surface area contributed by atoms with Crippen molar-refractivity contribution in [3.8, 4) is 0 Å². The van der Waals surface area contributed by atoms with Crippen molar-refractivity contribution in [3.63, 3.8) is 0 Å². The Kier molecular flexibility index (Phi) is 25.0. The molecule has 170 valence electrons. The fourth-order valence-electron chi connectivity index (χ4n) is 4.06. The van der Waals surface area contributed by atoms with E-state index in [4.69, 9.17) is 0 Å². The van der Waals surface area contributed by atoms with Gasteiger partial charge in [-0.25, -0.2) is 0 Å². The fraction of sp³-hybridized carbons (Fsp3) is 1.00. The molecule has 28 heavy (non-hydrogen) atoms. The van der Waals surface area contributed by atoms with E-state index in [0.717, 1.165) is 5.92 Å². The molecule has 0 aromatic carbocycles. The lowest BCUT2D eigenvalue weighted by Gasteiger charge is -2.01. The van der Waals surface area contributed by atoms with Crippen LogP contribution < -0.4 is 0 Å². The van der Waals surface area contributed by atoms with E-state index >= 15 is 0 Å². The highest BCUT2D eigenvalue weighted by Crippen LogP contribution is 2.34. The topological polar surface area (TPSA) is 0 Å². The second-order valence-corrected chi connectivity index (χ2v) is 9.60. The first-order chi connectivity index (χ1) is 13.8. The lowest BCUT2D eigenvalue weighted by atomic mass is 10.1. The minimum atomic E-state index is 1.15. The highest BCUT2D eigenvalue weighted by molar-refractivity contribution is 4.72. The van der Waals surface area contributed by atoms with Crippen LogP contribution in [0.3, 0.4) is 0 Å². The molecule has 0 aliphatic heterocycles. The molecule has 0 spiro atoms. The minimum Gasteiger partial charge on any atom is -0.0654 e. The van der Waals surface area contributed by atoms with Gasteiger partial charge in [0.2, 0.25) is 0 Å². The smallest absolute Gasteiger partial charge is 0.0414 e.